The molecule has 1 aliphatic heterocycles. The molecule has 0 aliphatic carbocycles. The highest BCUT2D eigenvalue weighted by Gasteiger charge is 2.20. The Hall–Kier alpha value is -2.85. The lowest BCUT2D eigenvalue weighted by Gasteiger charge is -2.26. The number of hydrogen-bond acceptors (Lipinski definition) is 8. The first-order valence-electron chi connectivity index (χ1n) is 10.8. The van der Waals surface area contributed by atoms with Gasteiger partial charge in [0.2, 0.25) is 5.95 Å². The van der Waals surface area contributed by atoms with E-state index in [1.165, 1.54) is 29.8 Å². The number of ether oxygens (including phenoxy) is 1. The molecule has 1 N–H and O–H groups in total. The number of anilines is 2. The number of nitrogens with zero attached hydrogens (tertiary/aromatic N) is 4. The molecule has 0 atom stereocenters. The lowest BCUT2D eigenvalue weighted by atomic mass is 10.2. The fraction of sp³-hybridized carbons (Fsp3) is 0.160. The summed E-state index contributed by atoms with van der Waals surface area (Å²) in [6.45, 7) is 1.28. The van der Waals surface area contributed by atoms with Gasteiger partial charge in [-0.05, 0) is 60.5 Å². The third-order valence-corrected chi connectivity index (χ3v) is 7.78. The van der Waals surface area contributed by atoms with Crippen molar-refractivity contribution in [3.63, 3.8) is 0 Å². The van der Waals surface area contributed by atoms with Crippen LogP contribution in [0, 0.1) is 5.82 Å². The summed E-state index contributed by atoms with van der Waals surface area (Å²) in [4.78, 5) is 14.8. The normalized spacial score (nSPS) is 13.3. The maximum atomic E-state index is 15.1. The van der Waals surface area contributed by atoms with E-state index in [-0.39, 0.29) is 11.9 Å². The topological polar surface area (TPSA) is 63.2 Å². The van der Waals surface area contributed by atoms with Crippen molar-refractivity contribution >= 4 is 46.9 Å². The zero-order chi connectivity index (χ0) is 24.2. The highest BCUT2D eigenvalue weighted by atomic mass is 35.5. The highest BCUT2D eigenvalue weighted by Crippen LogP contribution is 2.38. The Kier molecular flexibility index (Phi) is 7.38. The molecular weight excluding hydrogens is 505 g/mol. The second-order valence-corrected chi connectivity index (χ2v) is 10.3. The van der Waals surface area contributed by atoms with Crippen molar-refractivity contribution < 1.29 is 9.13 Å². The van der Waals surface area contributed by atoms with Gasteiger partial charge in [-0.2, -0.15) is 0 Å². The van der Waals surface area contributed by atoms with Crippen molar-refractivity contribution in [2.24, 2.45) is 0 Å². The number of aromatic nitrogens is 3. The summed E-state index contributed by atoms with van der Waals surface area (Å²) >= 11 is 8.97. The van der Waals surface area contributed by atoms with Crippen LogP contribution >= 0.6 is 35.3 Å². The van der Waals surface area contributed by atoms with Crippen molar-refractivity contribution in [2.45, 2.75) is 20.9 Å². The zero-order valence-corrected chi connectivity index (χ0v) is 21.1. The molecule has 1 aliphatic rings. The summed E-state index contributed by atoms with van der Waals surface area (Å²) in [7, 11) is 1.88. The number of benzene rings is 2. The first-order chi connectivity index (χ1) is 17.1. The van der Waals surface area contributed by atoms with Crippen LogP contribution in [0.5, 0.6) is 0 Å². The third kappa shape index (κ3) is 5.70. The lowest BCUT2D eigenvalue weighted by Crippen LogP contribution is -2.40. The fourth-order valence-electron chi connectivity index (χ4n) is 3.34. The highest BCUT2D eigenvalue weighted by molar-refractivity contribution is 8.00. The molecule has 2 aromatic carbocycles. The molecule has 0 bridgehead atoms. The van der Waals surface area contributed by atoms with E-state index in [2.05, 4.69) is 20.3 Å². The van der Waals surface area contributed by atoms with Crippen LogP contribution in [0.3, 0.4) is 0 Å². The maximum Gasteiger partial charge on any atom is 0.223 e. The molecule has 4 aromatic rings. The van der Waals surface area contributed by atoms with E-state index in [0.717, 1.165) is 16.1 Å². The third-order valence-electron chi connectivity index (χ3n) is 5.23. The first kappa shape index (κ1) is 23.9. The molecule has 3 heterocycles. The van der Waals surface area contributed by atoms with Crippen LogP contribution in [-0.4, -0.2) is 41.3 Å². The maximum absolute atomic E-state index is 15.1. The van der Waals surface area contributed by atoms with Gasteiger partial charge in [0.25, 0.3) is 0 Å². The van der Waals surface area contributed by atoms with Crippen LogP contribution in [0.1, 0.15) is 0 Å². The molecule has 1 fully saturated rings. The molecule has 0 unspecified atom stereocenters. The van der Waals surface area contributed by atoms with E-state index in [1.807, 2.05) is 59.9 Å². The quantitative estimate of drug-likeness (QED) is 0.264. The molecule has 5 rings (SSSR count). The molecule has 6 nitrogen and oxygen atoms in total. The number of hydrogen-bond donors (Lipinski definition) is 1. The van der Waals surface area contributed by atoms with Crippen LogP contribution in [0.25, 0.3) is 11.3 Å². The van der Waals surface area contributed by atoms with Gasteiger partial charge in [0.1, 0.15) is 10.8 Å². The van der Waals surface area contributed by atoms with Crippen molar-refractivity contribution in [3.05, 3.63) is 83.9 Å². The average Bonchev–Trinajstić information content (AvgIpc) is 2.84. The predicted octanol–water partition coefficient (Wildman–Crippen LogP) is 6.44. The van der Waals surface area contributed by atoms with Crippen LogP contribution in [0.4, 0.5) is 16.0 Å². The molecule has 0 saturated carbocycles. The van der Waals surface area contributed by atoms with E-state index < -0.39 is 0 Å². The Morgan fingerprint density at radius 1 is 1.03 bits per heavy atom. The smallest absolute Gasteiger partial charge is 0.223 e. The predicted molar refractivity (Wildman–Crippen MR) is 140 cm³/mol. The summed E-state index contributed by atoms with van der Waals surface area (Å²) in [5, 5.41) is 4.57. The van der Waals surface area contributed by atoms with Gasteiger partial charge < -0.3 is 14.4 Å². The number of rotatable bonds is 8. The number of halogens is 2. The molecule has 0 spiro atoms. The number of pyridine rings is 1. The van der Waals surface area contributed by atoms with E-state index in [1.54, 1.807) is 18.5 Å². The summed E-state index contributed by atoms with van der Waals surface area (Å²) in [5.41, 5.74) is 2.25. The Balaban J connectivity index is 1.35. The zero-order valence-electron chi connectivity index (χ0n) is 18.7. The van der Waals surface area contributed by atoms with Crippen molar-refractivity contribution in [3.8, 4) is 11.3 Å². The molecule has 178 valence electrons. The Bertz CT molecular complexity index is 1340. The molecular formula is C25H21ClFN5OS2. The second-order valence-electron chi connectivity index (χ2n) is 7.74. The second kappa shape index (κ2) is 10.8. The van der Waals surface area contributed by atoms with Gasteiger partial charge in [-0.3, -0.25) is 0 Å². The molecule has 35 heavy (non-hydrogen) atoms. The Morgan fingerprint density at radius 3 is 2.66 bits per heavy atom. The van der Waals surface area contributed by atoms with Crippen molar-refractivity contribution in [1.29, 1.82) is 0 Å². The molecule has 0 radical (unpaired) electrons. The van der Waals surface area contributed by atoms with Gasteiger partial charge in [-0.1, -0.05) is 35.5 Å². The van der Waals surface area contributed by atoms with Crippen molar-refractivity contribution in [2.75, 3.05) is 29.9 Å². The largest absolute Gasteiger partial charge is 0.377 e. The Labute approximate surface area is 216 Å². The van der Waals surface area contributed by atoms with Crippen molar-refractivity contribution in [1.82, 2.24) is 15.0 Å². The van der Waals surface area contributed by atoms with Gasteiger partial charge in [0.05, 0.1) is 30.0 Å². The molecule has 0 amide bonds. The summed E-state index contributed by atoms with van der Waals surface area (Å²) in [5.74, 6) is 0.205. The minimum atomic E-state index is -0.328. The van der Waals surface area contributed by atoms with Gasteiger partial charge in [0.15, 0.2) is 0 Å². The monoisotopic (exact) mass is 525 g/mol. The fourth-order valence-corrected chi connectivity index (χ4v) is 5.28. The van der Waals surface area contributed by atoms with E-state index in [4.69, 9.17) is 16.3 Å². The summed E-state index contributed by atoms with van der Waals surface area (Å²) < 4.78 is 22.2. The summed E-state index contributed by atoms with van der Waals surface area (Å²) in [6.07, 6.45) is 3.39. The van der Waals surface area contributed by atoms with E-state index >= 15 is 4.39 Å². The van der Waals surface area contributed by atoms with Crippen LogP contribution < -0.4 is 9.62 Å². The van der Waals surface area contributed by atoms with Gasteiger partial charge in [-0.25, -0.2) is 19.3 Å². The van der Waals surface area contributed by atoms with Gasteiger partial charge in [0, 0.05) is 40.5 Å². The molecule has 1 saturated heterocycles. The van der Waals surface area contributed by atoms with E-state index in [9.17, 15) is 0 Å². The van der Waals surface area contributed by atoms with Gasteiger partial charge in [-0.15, -0.1) is 0 Å². The average molecular weight is 526 g/mol. The first-order valence-corrected chi connectivity index (χ1v) is 12.8. The number of nitrogens with one attached hydrogen (secondary N) is 1. The molecule has 10 heteroatoms. The molecule has 2 aromatic heterocycles. The summed E-state index contributed by atoms with van der Waals surface area (Å²) in [6, 6.07) is 18.5. The lowest BCUT2D eigenvalue weighted by molar-refractivity contribution is 0.0208. The minimum Gasteiger partial charge on any atom is -0.377 e. The SMILES string of the molecule is CN(Sc1ccccc1Cl)c1ccc(Sc2ncccc2-c2ccnc(NC3COC3)n2)c(F)c1. The van der Waals surface area contributed by atoms with Crippen LogP contribution in [0.2, 0.25) is 5.02 Å². The van der Waals surface area contributed by atoms with Crippen LogP contribution in [-0.2, 0) is 4.74 Å². The van der Waals surface area contributed by atoms with Gasteiger partial charge >= 0.3 is 0 Å². The van der Waals surface area contributed by atoms with Crippen LogP contribution in [0.15, 0.2) is 87.9 Å². The Morgan fingerprint density at radius 2 is 1.89 bits per heavy atom. The van der Waals surface area contributed by atoms with E-state index in [0.29, 0.717) is 39.8 Å². The minimum absolute atomic E-state index is 0.217. The standard InChI is InChI=1S/C25H21ClFN5OS2/c1-32(35-22-7-3-2-6-19(22)26)17-8-9-23(20(27)13-17)34-24-18(5-4-11-28-24)21-10-12-29-25(31-21)30-16-14-33-15-16/h2-13,16H,14-15H2,1H3,(H,29,30,31).